The van der Waals surface area contributed by atoms with Crippen LogP contribution in [0, 0.1) is 6.92 Å². The highest BCUT2D eigenvalue weighted by Gasteiger charge is 2.18. The average Bonchev–Trinajstić information content (AvgIpc) is 2.90. The Morgan fingerprint density at radius 2 is 2.06 bits per heavy atom. The van der Waals surface area contributed by atoms with Gasteiger partial charge in [-0.25, -0.2) is 4.99 Å². The molecular weight excluding hydrogens is 202 g/mol. The van der Waals surface area contributed by atoms with Gasteiger partial charge in [-0.2, -0.15) is 0 Å². The van der Waals surface area contributed by atoms with Crippen LogP contribution in [-0.4, -0.2) is 25.2 Å². The van der Waals surface area contributed by atoms with Crippen molar-refractivity contribution in [3.8, 4) is 0 Å². The quantitative estimate of drug-likeness (QED) is 0.742. The normalized spacial score (nSPS) is 21.9. The van der Waals surface area contributed by atoms with Crippen molar-refractivity contribution in [3.63, 3.8) is 0 Å². The molecule has 0 saturated carbocycles. The van der Waals surface area contributed by atoms with E-state index >= 15 is 0 Å². The third-order valence-electron chi connectivity index (χ3n) is 2.70. The molecule has 0 amide bonds. The Morgan fingerprint density at radius 1 is 1.25 bits per heavy atom. The van der Waals surface area contributed by atoms with Gasteiger partial charge in [-0.3, -0.25) is 10.6 Å². The number of nitrogens with one attached hydrogen (secondary N) is 2. The molecule has 5 nitrogen and oxygen atoms in total. The fourth-order valence-corrected chi connectivity index (χ4v) is 1.87. The summed E-state index contributed by atoms with van der Waals surface area (Å²) in [5, 5.41) is 14.7. The molecule has 2 heterocycles. The first-order chi connectivity index (χ1) is 7.83. The van der Waals surface area contributed by atoms with Crippen LogP contribution in [0.4, 0.5) is 5.69 Å². The Bertz CT molecular complexity index is 471. The Labute approximate surface area is 93.7 Å². The zero-order valence-electron chi connectivity index (χ0n) is 9.07. The van der Waals surface area contributed by atoms with Crippen LogP contribution in [0.5, 0.6) is 0 Å². The molecule has 16 heavy (non-hydrogen) atoms. The second-order valence-electron chi connectivity index (χ2n) is 3.98. The molecule has 2 aliphatic rings. The summed E-state index contributed by atoms with van der Waals surface area (Å²) in [5.74, 6) is 0.714. The van der Waals surface area contributed by atoms with Gasteiger partial charge in [-0.1, -0.05) is 11.6 Å². The molecule has 3 rings (SSSR count). The Hall–Kier alpha value is -1.59. The summed E-state index contributed by atoms with van der Waals surface area (Å²) in [6.07, 6.45) is -0.0274. The van der Waals surface area contributed by atoms with Crippen LogP contribution in [0.1, 0.15) is 11.1 Å². The molecule has 0 spiro atoms. The number of hydrogen-bond donors (Lipinski definition) is 2. The highest BCUT2D eigenvalue weighted by Crippen LogP contribution is 2.28. The van der Waals surface area contributed by atoms with Crippen molar-refractivity contribution >= 4 is 11.5 Å². The maximum absolute atomic E-state index is 4.49. The van der Waals surface area contributed by atoms with Crippen molar-refractivity contribution in [3.05, 3.63) is 29.3 Å². The number of azo groups is 1. The highest BCUT2D eigenvalue weighted by atomic mass is 15.3. The van der Waals surface area contributed by atoms with E-state index in [9.17, 15) is 0 Å². The van der Waals surface area contributed by atoms with Crippen molar-refractivity contribution in [1.29, 1.82) is 0 Å². The highest BCUT2D eigenvalue weighted by molar-refractivity contribution is 6.05. The van der Waals surface area contributed by atoms with Gasteiger partial charge in [0.1, 0.15) is 0 Å². The summed E-state index contributed by atoms with van der Waals surface area (Å²) < 4.78 is 0. The molecule has 1 aromatic carbocycles. The van der Waals surface area contributed by atoms with E-state index in [-0.39, 0.29) is 6.29 Å². The summed E-state index contributed by atoms with van der Waals surface area (Å²) in [7, 11) is 0. The molecular formula is C11H13N5. The first kappa shape index (κ1) is 9.62. The molecule has 0 aliphatic carbocycles. The first-order valence-corrected chi connectivity index (χ1v) is 5.40. The second-order valence-corrected chi connectivity index (χ2v) is 3.98. The standard InChI is InChI=1S/C11H13N5/c1-7-2-3-9-8(6-7)10(16-15-9)14-11-12-4-5-13-11/h2-3,6,11-13H,4-5H2,1H3. The maximum Gasteiger partial charge on any atom is 0.182 e. The lowest BCUT2D eigenvalue weighted by molar-refractivity contribution is 0.580. The van der Waals surface area contributed by atoms with Gasteiger partial charge in [0.05, 0.1) is 5.69 Å². The number of hydrogen-bond acceptors (Lipinski definition) is 4. The number of benzene rings is 1. The molecule has 1 fully saturated rings. The van der Waals surface area contributed by atoms with Crippen molar-refractivity contribution < 1.29 is 0 Å². The minimum Gasteiger partial charge on any atom is -0.282 e. The van der Waals surface area contributed by atoms with E-state index < -0.39 is 0 Å². The van der Waals surface area contributed by atoms with Crippen molar-refractivity contribution in [2.75, 3.05) is 13.1 Å². The van der Waals surface area contributed by atoms with Crippen LogP contribution in [0.15, 0.2) is 33.4 Å². The topological polar surface area (TPSA) is 61.1 Å². The minimum atomic E-state index is -0.0274. The van der Waals surface area contributed by atoms with E-state index in [1.165, 1.54) is 5.56 Å². The third-order valence-corrected chi connectivity index (χ3v) is 2.70. The monoisotopic (exact) mass is 215 g/mol. The summed E-state index contributed by atoms with van der Waals surface area (Å²) in [5.41, 5.74) is 3.13. The fraction of sp³-hybridized carbons (Fsp3) is 0.364. The molecule has 0 bridgehead atoms. The Balaban J connectivity index is 1.95. The molecule has 1 aromatic rings. The van der Waals surface area contributed by atoms with E-state index in [1.54, 1.807) is 0 Å². The smallest absolute Gasteiger partial charge is 0.182 e. The van der Waals surface area contributed by atoms with Gasteiger partial charge in [0, 0.05) is 18.7 Å². The van der Waals surface area contributed by atoms with E-state index in [2.05, 4.69) is 38.8 Å². The Kier molecular flexibility index (Phi) is 2.27. The van der Waals surface area contributed by atoms with Gasteiger partial charge in [-0.05, 0) is 19.1 Å². The number of aliphatic imine (C=N–C) groups is 1. The average molecular weight is 215 g/mol. The molecule has 5 heteroatoms. The molecule has 2 aliphatic heterocycles. The molecule has 0 aromatic heterocycles. The zero-order chi connectivity index (χ0) is 11.0. The SMILES string of the molecule is Cc1ccc2c(c1)C(=NC1NCCN1)N=N2. The second kappa shape index (κ2) is 3.77. The molecule has 82 valence electrons. The fourth-order valence-electron chi connectivity index (χ4n) is 1.87. The van der Waals surface area contributed by atoms with Gasteiger partial charge in [0.25, 0.3) is 0 Å². The van der Waals surface area contributed by atoms with Crippen molar-refractivity contribution in [1.82, 2.24) is 10.6 Å². The number of nitrogens with zero attached hydrogens (tertiary/aromatic N) is 3. The van der Waals surface area contributed by atoms with Gasteiger partial charge >= 0.3 is 0 Å². The minimum absolute atomic E-state index is 0.0274. The summed E-state index contributed by atoms with van der Waals surface area (Å²) in [4.78, 5) is 4.49. The van der Waals surface area contributed by atoms with Crippen molar-refractivity contribution in [2.45, 2.75) is 13.2 Å². The van der Waals surface area contributed by atoms with E-state index in [4.69, 9.17) is 0 Å². The van der Waals surface area contributed by atoms with Gasteiger partial charge in [0.15, 0.2) is 12.1 Å². The van der Waals surface area contributed by atoms with Gasteiger partial charge < -0.3 is 0 Å². The predicted octanol–water partition coefficient (Wildman–Crippen LogP) is 1.32. The first-order valence-electron chi connectivity index (χ1n) is 5.40. The summed E-state index contributed by atoms with van der Waals surface area (Å²) in [6.45, 7) is 3.95. The third kappa shape index (κ3) is 1.64. The number of amidine groups is 1. The molecule has 0 unspecified atom stereocenters. The summed E-state index contributed by atoms with van der Waals surface area (Å²) >= 11 is 0. The summed E-state index contributed by atoms with van der Waals surface area (Å²) in [6, 6.07) is 6.09. The maximum atomic E-state index is 4.49. The lowest BCUT2D eigenvalue weighted by Gasteiger charge is -2.05. The van der Waals surface area contributed by atoms with Crippen LogP contribution in [0.25, 0.3) is 0 Å². The number of fused-ring (bicyclic) bond motifs is 1. The van der Waals surface area contributed by atoms with Crippen LogP contribution < -0.4 is 10.6 Å². The zero-order valence-corrected chi connectivity index (χ0v) is 9.07. The van der Waals surface area contributed by atoms with Crippen molar-refractivity contribution in [2.24, 2.45) is 15.2 Å². The van der Waals surface area contributed by atoms with E-state index in [1.807, 2.05) is 12.1 Å². The predicted molar refractivity (Wildman–Crippen MR) is 62.0 cm³/mol. The van der Waals surface area contributed by atoms with Crippen LogP contribution in [0.3, 0.4) is 0 Å². The van der Waals surface area contributed by atoms with Crippen LogP contribution in [0.2, 0.25) is 0 Å². The number of rotatable bonds is 1. The van der Waals surface area contributed by atoms with E-state index in [0.29, 0.717) is 5.84 Å². The lowest BCUT2D eigenvalue weighted by atomic mass is 10.1. The van der Waals surface area contributed by atoms with Crippen LogP contribution >= 0.6 is 0 Å². The van der Waals surface area contributed by atoms with Crippen LogP contribution in [-0.2, 0) is 0 Å². The molecule has 1 saturated heterocycles. The van der Waals surface area contributed by atoms with E-state index in [0.717, 1.165) is 24.3 Å². The van der Waals surface area contributed by atoms with Gasteiger partial charge in [0.2, 0.25) is 0 Å². The lowest BCUT2D eigenvalue weighted by Crippen LogP contribution is -2.29. The molecule has 0 radical (unpaired) electrons. The molecule has 0 atom stereocenters. The Morgan fingerprint density at radius 3 is 2.88 bits per heavy atom. The van der Waals surface area contributed by atoms with Gasteiger partial charge in [-0.15, -0.1) is 10.2 Å². The largest absolute Gasteiger partial charge is 0.282 e. The molecule has 2 N–H and O–H groups in total. The number of aryl methyl sites for hydroxylation is 1.